The average Bonchev–Trinajstić information content (AvgIpc) is 2.84. The van der Waals surface area contributed by atoms with Crippen LogP contribution in [-0.4, -0.2) is 12.2 Å². The van der Waals surface area contributed by atoms with Crippen LogP contribution in [0.15, 0.2) is 34.1 Å². The Bertz CT molecular complexity index is 596. The Morgan fingerprint density at radius 2 is 2.26 bits per heavy atom. The second kappa shape index (κ2) is 5.15. The zero-order chi connectivity index (χ0) is 13.4. The number of methoxy groups -OCH3 is 1. The number of benzene rings is 1. The minimum Gasteiger partial charge on any atom is -0.497 e. The first-order valence-corrected chi connectivity index (χ1v) is 7.61. The van der Waals surface area contributed by atoms with Crippen molar-refractivity contribution in [1.82, 2.24) is 0 Å². The van der Waals surface area contributed by atoms with Crippen molar-refractivity contribution in [3.8, 4) is 11.5 Å². The molecule has 5 heteroatoms. The van der Waals surface area contributed by atoms with Crippen LogP contribution >= 0.6 is 27.3 Å². The summed E-state index contributed by atoms with van der Waals surface area (Å²) in [4.78, 5) is 1.11. The van der Waals surface area contributed by atoms with Crippen LogP contribution in [0.5, 0.6) is 11.5 Å². The first-order valence-electron chi connectivity index (χ1n) is 5.94. The first kappa shape index (κ1) is 13.0. The lowest BCUT2D eigenvalue weighted by Crippen LogP contribution is -2.18. The summed E-state index contributed by atoms with van der Waals surface area (Å²) in [5, 5.41) is 12.3. The Morgan fingerprint density at radius 1 is 1.42 bits per heavy atom. The predicted octanol–water partition coefficient (Wildman–Crippen LogP) is 4.08. The maximum absolute atomic E-state index is 10.2. The largest absolute Gasteiger partial charge is 0.497 e. The second-order valence-corrected chi connectivity index (χ2v) is 6.29. The van der Waals surface area contributed by atoms with Crippen molar-refractivity contribution in [2.45, 2.75) is 18.6 Å². The summed E-state index contributed by atoms with van der Waals surface area (Å²) in [6.07, 6.45) is -0.0295. The smallest absolute Gasteiger partial charge is 0.136 e. The summed E-state index contributed by atoms with van der Waals surface area (Å²) < 4.78 is 12.2. The molecule has 0 bridgehead atoms. The van der Waals surface area contributed by atoms with Crippen LogP contribution < -0.4 is 9.47 Å². The zero-order valence-corrected chi connectivity index (χ0v) is 12.7. The highest BCUT2D eigenvalue weighted by molar-refractivity contribution is 9.10. The number of halogens is 1. The molecule has 1 unspecified atom stereocenters. The Kier molecular flexibility index (Phi) is 3.52. The molecular formula is C14H13BrO3S. The van der Waals surface area contributed by atoms with Gasteiger partial charge < -0.3 is 14.6 Å². The molecule has 3 nitrogen and oxygen atoms in total. The van der Waals surface area contributed by atoms with Gasteiger partial charge in [0.15, 0.2) is 0 Å². The fourth-order valence-electron chi connectivity index (χ4n) is 2.22. The molecule has 2 heterocycles. The molecule has 0 saturated heterocycles. The van der Waals surface area contributed by atoms with Crippen LogP contribution in [0.1, 0.15) is 29.1 Å². The van der Waals surface area contributed by atoms with Crippen molar-refractivity contribution in [1.29, 1.82) is 0 Å². The SMILES string of the molecule is COc1ccc2c(c1)OC(c1cc(Br)cs1)C[C@@H]2O. The minimum absolute atomic E-state index is 0.106. The third kappa shape index (κ3) is 2.50. The van der Waals surface area contributed by atoms with E-state index in [2.05, 4.69) is 15.9 Å². The normalized spacial score (nSPS) is 21.6. The van der Waals surface area contributed by atoms with E-state index in [1.54, 1.807) is 18.4 Å². The van der Waals surface area contributed by atoms with Gasteiger partial charge in [0.2, 0.25) is 0 Å². The number of hydrogen-bond donors (Lipinski definition) is 1. The number of fused-ring (bicyclic) bond motifs is 1. The Hall–Kier alpha value is -1.04. The van der Waals surface area contributed by atoms with Gasteiger partial charge in [0.1, 0.15) is 17.6 Å². The molecule has 1 aromatic carbocycles. The summed E-state index contributed by atoms with van der Waals surface area (Å²) in [5.41, 5.74) is 0.827. The fourth-order valence-corrected chi connectivity index (χ4v) is 3.71. The van der Waals surface area contributed by atoms with Crippen LogP contribution in [0.4, 0.5) is 0 Å². The highest BCUT2D eigenvalue weighted by Gasteiger charge is 2.29. The lowest BCUT2D eigenvalue weighted by Gasteiger charge is -2.29. The third-order valence-electron chi connectivity index (χ3n) is 3.19. The first-order chi connectivity index (χ1) is 9.17. The van der Waals surface area contributed by atoms with Crippen molar-refractivity contribution < 1.29 is 14.6 Å². The van der Waals surface area contributed by atoms with E-state index in [9.17, 15) is 5.11 Å². The number of hydrogen-bond acceptors (Lipinski definition) is 4. The molecule has 1 N–H and O–H groups in total. The van der Waals surface area contributed by atoms with E-state index in [4.69, 9.17) is 9.47 Å². The van der Waals surface area contributed by atoms with E-state index in [0.717, 1.165) is 20.7 Å². The van der Waals surface area contributed by atoms with Crippen molar-refractivity contribution >= 4 is 27.3 Å². The predicted molar refractivity (Wildman–Crippen MR) is 78.0 cm³/mol. The standard InChI is InChI=1S/C14H13BrO3S/c1-17-9-2-3-10-11(16)6-13(18-12(10)5-9)14-4-8(15)7-19-14/h2-5,7,11,13,16H,6H2,1H3/t11-,13?/m0/s1. The summed E-state index contributed by atoms with van der Waals surface area (Å²) in [7, 11) is 1.62. The number of thiophene rings is 1. The lowest BCUT2D eigenvalue weighted by molar-refractivity contribution is 0.0671. The molecule has 3 rings (SSSR count). The highest BCUT2D eigenvalue weighted by Crippen LogP contribution is 2.43. The van der Waals surface area contributed by atoms with Crippen LogP contribution in [-0.2, 0) is 0 Å². The second-order valence-electron chi connectivity index (χ2n) is 4.43. The highest BCUT2D eigenvalue weighted by atomic mass is 79.9. The zero-order valence-electron chi connectivity index (χ0n) is 10.3. The minimum atomic E-state index is -0.500. The molecule has 0 spiro atoms. The number of ether oxygens (including phenoxy) is 2. The molecular weight excluding hydrogens is 328 g/mol. The van der Waals surface area contributed by atoms with Gasteiger partial charge in [-0.2, -0.15) is 0 Å². The van der Waals surface area contributed by atoms with Crippen LogP contribution in [0, 0.1) is 0 Å². The number of aliphatic hydroxyl groups is 1. The monoisotopic (exact) mass is 340 g/mol. The number of aliphatic hydroxyl groups excluding tert-OH is 1. The molecule has 0 radical (unpaired) electrons. The van der Waals surface area contributed by atoms with Gasteiger partial charge in [-0.3, -0.25) is 0 Å². The van der Waals surface area contributed by atoms with E-state index in [-0.39, 0.29) is 6.10 Å². The molecule has 1 aromatic heterocycles. The molecule has 1 aliphatic heterocycles. The van der Waals surface area contributed by atoms with Crippen molar-refractivity contribution in [3.63, 3.8) is 0 Å². The molecule has 0 fully saturated rings. The van der Waals surface area contributed by atoms with Crippen molar-refractivity contribution in [2.24, 2.45) is 0 Å². The molecule has 2 atom stereocenters. The Morgan fingerprint density at radius 3 is 2.95 bits per heavy atom. The molecule has 2 aromatic rings. The summed E-state index contributed by atoms with van der Waals surface area (Å²) >= 11 is 5.07. The summed E-state index contributed by atoms with van der Waals surface area (Å²) in [6, 6.07) is 7.56. The van der Waals surface area contributed by atoms with E-state index in [1.807, 2.05) is 29.6 Å². The summed E-state index contributed by atoms with van der Waals surface area (Å²) in [5.74, 6) is 1.44. The van der Waals surface area contributed by atoms with E-state index < -0.39 is 6.10 Å². The van der Waals surface area contributed by atoms with E-state index in [1.165, 1.54) is 0 Å². The van der Waals surface area contributed by atoms with E-state index >= 15 is 0 Å². The van der Waals surface area contributed by atoms with Gasteiger partial charge in [-0.05, 0) is 34.1 Å². The quantitative estimate of drug-likeness (QED) is 0.895. The van der Waals surface area contributed by atoms with Crippen molar-refractivity contribution in [3.05, 3.63) is 44.6 Å². The average molecular weight is 341 g/mol. The molecule has 19 heavy (non-hydrogen) atoms. The molecule has 0 saturated carbocycles. The maximum Gasteiger partial charge on any atom is 0.136 e. The molecule has 0 amide bonds. The van der Waals surface area contributed by atoms with Crippen LogP contribution in [0.25, 0.3) is 0 Å². The van der Waals surface area contributed by atoms with Gasteiger partial charge in [-0.15, -0.1) is 11.3 Å². The Labute approximate surface area is 123 Å². The van der Waals surface area contributed by atoms with Gasteiger partial charge >= 0.3 is 0 Å². The van der Waals surface area contributed by atoms with Gasteiger partial charge in [0.05, 0.1) is 13.2 Å². The fraction of sp³-hybridized carbons (Fsp3) is 0.286. The van der Waals surface area contributed by atoms with Gasteiger partial charge in [-0.1, -0.05) is 0 Å². The van der Waals surface area contributed by atoms with Gasteiger partial charge in [0, 0.05) is 32.8 Å². The Balaban J connectivity index is 1.93. The summed E-state index contributed by atoms with van der Waals surface area (Å²) in [6.45, 7) is 0. The number of rotatable bonds is 2. The van der Waals surface area contributed by atoms with Crippen molar-refractivity contribution in [2.75, 3.05) is 7.11 Å². The molecule has 100 valence electrons. The third-order valence-corrected chi connectivity index (χ3v) is 4.98. The van der Waals surface area contributed by atoms with Crippen LogP contribution in [0.3, 0.4) is 0 Å². The molecule has 0 aliphatic carbocycles. The van der Waals surface area contributed by atoms with Crippen LogP contribution in [0.2, 0.25) is 0 Å². The van der Waals surface area contributed by atoms with Gasteiger partial charge in [-0.25, -0.2) is 0 Å². The molecule has 1 aliphatic rings. The van der Waals surface area contributed by atoms with Gasteiger partial charge in [0.25, 0.3) is 0 Å². The lowest BCUT2D eigenvalue weighted by atomic mass is 9.98. The maximum atomic E-state index is 10.2. The van der Waals surface area contributed by atoms with E-state index in [0.29, 0.717) is 12.2 Å². The topological polar surface area (TPSA) is 38.7 Å².